The standard InChI is InChI=1S/C17H21F3N2O2/c18-17(19,20)15(23)12-7-9-22(10-8-12)16(24)21-14-6-5-11-3-1-2-4-13(11)14/h1-4,12,14-15,23H,5-10H2,(H,21,24)/t14-,15+/m1/s1. The van der Waals surface area contributed by atoms with E-state index in [9.17, 15) is 23.1 Å². The number of amides is 2. The lowest BCUT2D eigenvalue weighted by molar-refractivity contribution is -0.222. The molecular weight excluding hydrogens is 321 g/mol. The molecule has 24 heavy (non-hydrogen) atoms. The molecule has 2 N–H and O–H groups in total. The molecule has 1 aliphatic carbocycles. The highest BCUT2D eigenvalue weighted by molar-refractivity contribution is 5.75. The summed E-state index contributed by atoms with van der Waals surface area (Å²) >= 11 is 0. The van der Waals surface area contributed by atoms with E-state index in [2.05, 4.69) is 5.32 Å². The molecule has 0 radical (unpaired) electrons. The molecule has 1 heterocycles. The molecule has 0 aromatic heterocycles. The molecule has 2 atom stereocenters. The first-order valence-electron chi connectivity index (χ1n) is 8.24. The first-order chi connectivity index (χ1) is 11.4. The van der Waals surface area contributed by atoms with E-state index in [4.69, 9.17) is 0 Å². The molecule has 0 spiro atoms. The number of nitrogens with zero attached hydrogens (tertiary/aromatic N) is 1. The number of hydrogen-bond donors (Lipinski definition) is 2. The maximum Gasteiger partial charge on any atom is 0.414 e. The van der Waals surface area contributed by atoms with E-state index in [-0.39, 0.29) is 38.0 Å². The predicted molar refractivity (Wildman–Crippen MR) is 82.4 cm³/mol. The molecule has 2 amide bonds. The Morgan fingerprint density at radius 3 is 2.54 bits per heavy atom. The fourth-order valence-electron chi connectivity index (χ4n) is 3.63. The van der Waals surface area contributed by atoms with E-state index in [1.165, 1.54) is 5.56 Å². The van der Waals surface area contributed by atoms with Crippen LogP contribution in [0.1, 0.15) is 36.4 Å². The van der Waals surface area contributed by atoms with Gasteiger partial charge in [-0.1, -0.05) is 24.3 Å². The third-order valence-corrected chi connectivity index (χ3v) is 5.04. The van der Waals surface area contributed by atoms with Crippen LogP contribution in [0.4, 0.5) is 18.0 Å². The van der Waals surface area contributed by atoms with E-state index in [1.807, 2.05) is 24.3 Å². The van der Waals surface area contributed by atoms with Gasteiger partial charge in [-0.25, -0.2) is 4.79 Å². The minimum Gasteiger partial charge on any atom is -0.383 e. The zero-order chi connectivity index (χ0) is 17.3. The van der Waals surface area contributed by atoms with Crippen molar-refractivity contribution in [1.82, 2.24) is 10.2 Å². The van der Waals surface area contributed by atoms with Gasteiger partial charge in [0.15, 0.2) is 6.10 Å². The summed E-state index contributed by atoms with van der Waals surface area (Å²) in [6.45, 7) is 0.468. The topological polar surface area (TPSA) is 52.6 Å². The summed E-state index contributed by atoms with van der Waals surface area (Å²) < 4.78 is 37.7. The fourth-order valence-corrected chi connectivity index (χ4v) is 3.63. The molecule has 7 heteroatoms. The maximum atomic E-state index is 12.6. The summed E-state index contributed by atoms with van der Waals surface area (Å²) in [7, 11) is 0. The van der Waals surface area contributed by atoms with Gasteiger partial charge in [0.1, 0.15) is 0 Å². The molecule has 1 aliphatic heterocycles. The SMILES string of the molecule is O=C(N[C@@H]1CCc2ccccc21)N1CCC([C@H](O)C(F)(F)F)CC1. The number of aliphatic hydroxyl groups excluding tert-OH is 1. The number of halogens is 3. The van der Waals surface area contributed by atoms with Gasteiger partial charge in [-0.3, -0.25) is 0 Å². The summed E-state index contributed by atoms with van der Waals surface area (Å²) in [6, 6.07) is 7.68. The van der Waals surface area contributed by atoms with Crippen LogP contribution in [-0.4, -0.2) is 41.4 Å². The zero-order valence-corrected chi connectivity index (χ0v) is 13.2. The largest absolute Gasteiger partial charge is 0.414 e. The quantitative estimate of drug-likeness (QED) is 0.868. The Kier molecular flexibility index (Phi) is 4.71. The number of likely N-dealkylation sites (tertiary alicyclic amines) is 1. The highest BCUT2D eigenvalue weighted by Crippen LogP contribution is 2.33. The van der Waals surface area contributed by atoms with Crippen LogP contribution >= 0.6 is 0 Å². The maximum absolute atomic E-state index is 12.6. The van der Waals surface area contributed by atoms with Crippen molar-refractivity contribution in [3.05, 3.63) is 35.4 Å². The molecule has 3 rings (SSSR count). The third kappa shape index (κ3) is 3.50. The van der Waals surface area contributed by atoms with E-state index in [0.717, 1.165) is 18.4 Å². The monoisotopic (exact) mass is 342 g/mol. The Hall–Kier alpha value is -1.76. The van der Waals surface area contributed by atoms with Gasteiger partial charge in [0.25, 0.3) is 0 Å². The zero-order valence-electron chi connectivity index (χ0n) is 13.2. The number of hydrogen-bond acceptors (Lipinski definition) is 2. The van der Waals surface area contributed by atoms with Crippen molar-refractivity contribution in [2.75, 3.05) is 13.1 Å². The number of rotatable bonds is 2. The van der Waals surface area contributed by atoms with Crippen molar-refractivity contribution < 1.29 is 23.1 Å². The Balaban J connectivity index is 1.53. The normalized spacial score (nSPS) is 23.0. The van der Waals surface area contributed by atoms with Crippen LogP contribution in [0.5, 0.6) is 0 Å². The van der Waals surface area contributed by atoms with Crippen molar-refractivity contribution in [1.29, 1.82) is 0 Å². The van der Waals surface area contributed by atoms with E-state index < -0.39 is 18.2 Å². The number of aryl methyl sites for hydroxylation is 1. The number of urea groups is 1. The third-order valence-electron chi connectivity index (χ3n) is 5.04. The van der Waals surface area contributed by atoms with Crippen molar-refractivity contribution in [2.24, 2.45) is 5.92 Å². The number of alkyl halides is 3. The van der Waals surface area contributed by atoms with Crippen molar-refractivity contribution >= 4 is 6.03 Å². The molecule has 1 aromatic rings. The van der Waals surface area contributed by atoms with Crippen molar-refractivity contribution in [2.45, 2.75) is 44.0 Å². The second-order valence-corrected chi connectivity index (χ2v) is 6.55. The van der Waals surface area contributed by atoms with Crippen LogP contribution < -0.4 is 5.32 Å². The van der Waals surface area contributed by atoms with Gasteiger partial charge in [-0.05, 0) is 42.7 Å². The number of piperidine rings is 1. The van der Waals surface area contributed by atoms with Crippen LogP contribution in [0.2, 0.25) is 0 Å². The van der Waals surface area contributed by atoms with Crippen LogP contribution in [0.15, 0.2) is 24.3 Å². The van der Waals surface area contributed by atoms with Crippen LogP contribution in [0, 0.1) is 5.92 Å². The second-order valence-electron chi connectivity index (χ2n) is 6.55. The van der Waals surface area contributed by atoms with Crippen molar-refractivity contribution in [3.63, 3.8) is 0 Å². The average molecular weight is 342 g/mol. The second kappa shape index (κ2) is 6.63. The molecular formula is C17H21F3N2O2. The van der Waals surface area contributed by atoms with Gasteiger partial charge in [0.05, 0.1) is 6.04 Å². The van der Waals surface area contributed by atoms with Gasteiger partial charge >= 0.3 is 12.2 Å². The average Bonchev–Trinajstić information content (AvgIpc) is 2.96. The Bertz CT molecular complexity index is 598. The summed E-state index contributed by atoms with van der Waals surface area (Å²) in [5.74, 6) is -0.832. The number of carbonyl (C=O) groups is 1. The molecule has 1 fully saturated rings. The first-order valence-corrected chi connectivity index (χ1v) is 8.24. The van der Waals surface area contributed by atoms with E-state index >= 15 is 0 Å². The smallest absolute Gasteiger partial charge is 0.383 e. The van der Waals surface area contributed by atoms with Crippen LogP contribution in [0.25, 0.3) is 0 Å². The lowest BCUT2D eigenvalue weighted by Crippen LogP contribution is -2.48. The minimum absolute atomic E-state index is 0.0350. The van der Waals surface area contributed by atoms with Crippen LogP contribution in [0.3, 0.4) is 0 Å². The minimum atomic E-state index is -4.59. The molecule has 1 aromatic carbocycles. The molecule has 2 aliphatic rings. The van der Waals surface area contributed by atoms with Gasteiger partial charge in [-0.15, -0.1) is 0 Å². The molecule has 0 bridgehead atoms. The number of aliphatic hydroxyl groups is 1. The summed E-state index contributed by atoms with van der Waals surface area (Å²) in [5, 5.41) is 12.3. The van der Waals surface area contributed by atoms with E-state index in [0.29, 0.717) is 0 Å². The fraction of sp³-hybridized carbons (Fsp3) is 0.588. The Labute approximate surface area is 138 Å². The summed E-state index contributed by atoms with van der Waals surface area (Å²) in [6.07, 6.45) is -4.81. The highest BCUT2D eigenvalue weighted by Gasteiger charge is 2.44. The molecule has 0 unspecified atom stereocenters. The van der Waals surface area contributed by atoms with Crippen molar-refractivity contribution in [3.8, 4) is 0 Å². The number of carbonyl (C=O) groups excluding carboxylic acids is 1. The molecule has 4 nitrogen and oxygen atoms in total. The molecule has 132 valence electrons. The van der Waals surface area contributed by atoms with Gasteiger partial charge < -0.3 is 15.3 Å². The van der Waals surface area contributed by atoms with Gasteiger partial charge in [0, 0.05) is 13.1 Å². The molecule has 1 saturated heterocycles. The van der Waals surface area contributed by atoms with Crippen LogP contribution in [-0.2, 0) is 6.42 Å². The Morgan fingerprint density at radius 1 is 1.21 bits per heavy atom. The number of nitrogens with one attached hydrogen (secondary N) is 1. The first kappa shape index (κ1) is 17.1. The Morgan fingerprint density at radius 2 is 1.88 bits per heavy atom. The summed E-state index contributed by atoms with van der Waals surface area (Å²) in [4.78, 5) is 13.9. The van der Waals surface area contributed by atoms with Gasteiger partial charge in [-0.2, -0.15) is 13.2 Å². The summed E-state index contributed by atoms with van der Waals surface area (Å²) in [5.41, 5.74) is 2.35. The lowest BCUT2D eigenvalue weighted by atomic mass is 9.91. The molecule has 0 saturated carbocycles. The lowest BCUT2D eigenvalue weighted by Gasteiger charge is -2.35. The van der Waals surface area contributed by atoms with E-state index in [1.54, 1.807) is 4.90 Å². The number of fused-ring (bicyclic) bond motifs is 1. The number of benzene rings is 1. The highest BCUT2D eigenvalue weighted by atomic mass is 19.4. The van der Waals surface area contributed by atoms with Gasteiger partial charge in [0.2, 0.25) is 0 Å². The predicted octanol–water partition coefficient (Wildman–Crippen LogP) is 3.02.